The van der Waals surface area contributed by atoms with Gasteiger partial charge in [-0.15, -0.1) is 6.42 Å². The van der Waals surface area contributed by atoms with Crippen LogP contribution in [0.3, 0.4) is 0 Å². The molecule has 0 heterocycles. The standard InChI is InChI=1S/C13H24N2/c1-4-9-15(3)11-13(10-14)7-5-12(2)6-8-13/h1,12H,5-11,14H2,2-3H3. The largest absolute Gasteiger partial charge is 0.330 e. The van der Waals surface area contributed by atoms with Crippen molar-refractivity contribution in [3.63, 3.8) is 0 Å². The summed E-state index contributed by atoms with van der Waals surface area (Å²) in [6.45, 7) is 4.93. The van der Waals surface area contributed by atoms with Crippen LogP contribution in [-0.2, 0) is 0 Å². The van der Waals surface area contributed by atoms with Crippen molar-refractivity contribution in [2.24, 2.45) is 17.1 Å². The topological polar surface area (TPSA) is 29.3 Å². The van der Waals surface area contributed by atoms with Gasteiger partial charge in [0.1, 0.15) is 0 Å². The van der Waals surface area contributed by atoms with Crippen LogP contribution in [0.15, 0.2) is 0 Å². The molecule has 1 fully saturated rings. The average molecular weight is 208 g/mol. The zero-order chi connectivity index (χ0) is 11.3. The first-order chi connectivity index (χ1) is 7.12. The van der Waals surface area contributed by atoms with Gasteiger partial charge in [-0.2, -0.15) is 0 Å². The molecule has 2 heteroatoms. The Morgan fingerprint density at radius 2 is 2.07 bits per heavy atom. The fourth-order valence-electron chi connectivity index (χ4n) is 2.59. The van der Waals surface area contributed by atoms with Crippen molar-refractivity contribution in [3.05, 3.63) is 0 Å². The highest BCUT2D eigenvalue weighted by Gasteiger charge is 2.33. The van der Waals surface area contributed by atoms with Gasteiger partial charge in [-0.3, -0.25) is 4.90 Å². The molecule has 0 saturated heterocycles. The molecule has 0 aliphatic heterocycles. The Bertz CT molecular complexity index is 221. The predicted molar refractivity (Wildman–Crippen MR) is 65.4 cm³/mol. The van der Waals surface area contributed by atoms with Gasteiger partial charge in [0.05, 0.1) is 6.54 Å². The third-order valence-electron chi connectivity index (χ3n) is 3.73. The summed E-state index contributed by atoms with van der Waals surface area (Å²) in [6.07, 6.45) is 10.5. The van der Waals surface area contributed by atoms with Crippen molar-refractivity contribution in [1.82, 2.24) is 4.90 Å². The second-order valence-corrected chi connectivity index (χ2v) is 5.26. The molecule has 1 saturated carbocycles. The van der Waals surface area contributed by atoms with Crippen LogP contribution in [0.25, 0.3) is 0 Å². The van der Waals surface area contributed by atoms with E-state index < -0.39 is 0 Å². The smallest absolute Gasteiger partial charge is 0.0596 e. The van der Waals surface area contributed by atoms with Crippen molar-refractivity contribution < 1.29 is 0 Å². The molecule has 2 nitrogen and oxygen atoms in total. The normalized spacial score (nSPS) is 31.5. The zero-order valence-electron chi connectivity index (χ0n) is 10.1. The molecule has 2 N–H and O–H groups in total. The van der Waals surface area contributed by atoms with E-state index in [4.69, 9.17) is 12.2 Å². The van der Waals surface area contributed by atoms with Crippen molar-refractivity contribution in [3.8, 4) is 12.3 Å². The van der Waals surface area contributed by atoms with Gasteiger partial charge in [0.15, 0.2) is 0 Å². The van der Waals surface area contributed by atoms with Gasteiger partial charge in [-0.05, 0) is 37.8 Å². The molecule has 0 atom stereocenters. The van der Waals surface area contributed by atoms with E-state index in [-0.39, 0.29) is 0 Å². The number of nitrogens with two attached hydrogens (primary N) is 1. The summed E-state index contributed by atoms with van der Waals surface area (Å²) in [5, 5.41) is 0. The van der Waals surface area contributed by atoms with Crippen molar-refractivity contribution in [1.29, 1.82) is 0 Å². The number of hydrogen-bond donors (Lipinski definition) is 1. The first kappa shape index (κ1) is 12.5. The second kappa shape index (κ2) is 5.53. The minimum absolute atomic E-state index is 0.331. The highest BCUT2D eigenvalue weighted by Crippen LogP contribution is 2.38. The van der Waals surface area contributed by atoms with Crippen LogP contribution in [0.1, 0.15) is 32.6 Å². The van der Waals surface area contributed by atoms with Gasteiger partial charge in [0.25, 0.3) is 0 Å². The Morgan fingerprint density at radius 1 is 1.47 bits per heavy atom. The Balaban J connectivity index is 2.50. The second-order valence-electron chi connectivity index (χ2n) is 5.26. The van der Waals surface area contributed by atoms with E-state index >= 15 is 0 Å². The summed E-state index contributed by atoms with van der Waals surface area (Å²) in [5.41, 5.74) is 6.28. The van der Waals surface area contributed by atoms with Crippen LogP contribution >= 0.6 is 0 Å². The van der Waals surface area contributed by atoms with Gasteiger partial charge in [0.2, 0.25) is 0 Å². The molecular weight excluding hydrogens is 184 g/mol. The summed E-state index contributed by atoms with van der Waals surface area (Å²) in [7, 11) is 2.09. The van der Waals surface area contributed by atoms with Crippen LogP contribution in [-0.4, -0.2) is 31.6 Å². The molecular formula is C13H24N2. The van der Waals surface area contributed by atoms with E-state index in [1.54, 1.807) is 0 Å². The van der Waals surface area contributed by atoms with Crippen LogP contribution < -0.4 is 5.73 Å². The molecule has 0 aromatic rings. The van der Waals surface area contributed by atoms with E-state index in [0.29, 0.717) is 5.41 Å². The minimum Gasteiger partial charge on any atom is -0.330 e. The van der Waals surface area contributed by atoms with Gasteiger partial charge in [-0.25, -0.2) is 0 Å². The first-order valence-corrected chi connectivity index (χ1v) is 5.94. The van der Waals surface area contributed by atoms with Crippen LogP contribution in [0.2, 0.25) is 0 Å². The average Bonchev–Trinajstić information content (AvgIpc) is 2.22. The SMILES string of the molecule is C#CCN(C)CC1(CN)CCC(C)CC1. The molecule has 1 aliphatic rings. The maximum absolute atomic E-state index is 5.95. The number of nitrogens with zero attached hydrogens (tertiary/aromatic N) is 1. The van der Waals surface area contributed by atoms with E-state index in [1.165, 1.54) is 25.7 Å². The molecule has 0 aromatic carbocycles. The Morgan fingerprint density at radius 3 is 2.53 bits per heavy atom. The van der Waals surface area contributed by atoms with E-state index in [2.05, 4.69) is 24.8 Å². The molecule has 0 radical (unpaired) electrons. The monoisotopic (exact) mass is 208 g/mol. The number of hydrogen-bond acceptors (Lipinski definition) is 2. The molecule has 1 rings (SSSR count). The van der Waals surface area contributed by atoms with Crippen LogP contribution in [0.5, 0.6) is 0 Å². The Labute approximate surface area is 94.2 Å². The zero-order valence-corrected chi connectivity index (χ0v) is 10.1. The maximum Gasteiger partial charge on any atom is 0.0596 e. The van der Waals surface area contributed by atoms with E-state index in [1.807, 2.05) is 0 Å². The predicted octanol–water partition coefficient (Wildman–Crippen LogP) is 1.71. The lowest BCUT2D eigenvalue weighted by molar-refractivity contribution is 0.115. The van der Waals surface area contributed by atoms with Crippen molar-refractivity contribution >= 4 is 0 Å². The molecule has 15 heavy (non-hydrogen) atoms. The third-order valence-corrected chi connectivity index (χ3v) is 3.73. The summed E-state index contributed by atoms with van der Waals surface area (Å²) in [4.78, 5) is 2.23. The molecule has 86 valence electrons. The van der Waals surface area contributed by atoms with Crippen molar-refractivity contribution in [2.45, 2.75) is 32.6 Å². The lowest BCUT2D eigenvalue weighted by Gasteiger charge is -2.40. The Kier molecular flexibility index (Phi) is 4.63. The summed E-state index contributed by atoms with van der Waals surface area (Å²) in [5.74, 6) is 3.57. The third kappa shape index (κ3) is 3.52. The van der Waals surface area contributed by atoms with E-state index in [9.17, 15) is 0 Å². The molecule has 0 amide bonds. The van der Waals surface area contributed by atoms with Gasteiger partial charge in [0, 0.05) is 6.54 Å². The highest BCUT2D eigenvalue weighted by molar-refractivity contribution is 4.92. The minimum atomic E-state index is 0.331. The fourth-order valence-corrected chi connectivity index (χ4v) is 2.59. The lowest BCUT2D eigenvalue weighted by Crippen LogP contribution is -2.43. The summed E-state index contributed by atoms with van der Waals surface area (Å²) in [6, 6.07) is 0. The van der Waals surface area contributed by atoms with Crippen molar-refractivity contribution in [2.75, 3.05) is 26.7 Å². The summed E-state index contributed by atoms with van der Waals surface area (Å²) >= 11 is 0. The van der Waals surface area contributed by atoms with Gasteiger partial charge in [-0.1, -0.05) is 25.7 Å². The molecule has 0 spiro atoms. The Hall–Kier alpha value is -0.520. The first-order valence-electron chi connectivity index (χ1n) is 5.94. The molecule has 0 aromatic heterocycles. The fraction of sp³-hybridized carbons (Fsp3) is 0.846. The number of terminal acetylenes is 1. The van der Waals surface area contributed by atoms with Crippen LogP contribution in [0.4, 0.5) is 0 Å². The van der Waals surface area contributed by atoms with Gasteiger partial charge >= 0.3 is 0 Å². The van der Waals surface area contributed by atoms with Gasteiger partial charge < -0.3 is 5.73 Å². The van der Waals surface area contributed by atoms with E-state index in [0.717, 1.165) is 25.6 Å². The quantitative estimate of drug-likeness (QED) is 0.713. The molecule has 1 aliphatic carbocycles. The molecule has 0 bridgehead atoms. The highest BCUT2D eigenvalue weighted by atomic mass is 15.1. The number of rotatable bonds is 4. The summed E-state index contributed by atoms with van der Waals surface area (Å²) < 4.78 is 0. The maximum atomic E-state index is 5.95. The molecule has 0 unspecified atom stereocenters. The van der Waals surface area contributed by atoms with Crippen LogP contribution in [0, 0.1) is 23.7 Å². The lowest BCUT2D eigenvalue weighted by atomic mass is 9.70.